The van der Waals surface area contributed by atoms with Gasteiger partial charge < -0.3 is 30.0 Å². The summed E-state index contributed by atoms with van der Waals surface area (Å²) in [6.07, 6.45) is 1.12. The van der Waals surface area contributed by atoms with Gasteiger partial charge in [-0.2, -0.15) is 0 Å². The molecule has 3 aromatic rings. The van der Waals surface area contributed by atoms with E-state index < -0.39 is 30.4 Å². The van der Waals surface area contributed by atoms with E-state index in [4.69, 9.17) is 19.7 Å². The van der Waals surface area contributed by atoms with Gasteiger partial charge in [-0.1, -0.05) is 19.0 Å². The third-order valence-electron chi connectivity index (χ3n) is 6.48. The van der Waals surface area contributed by atoms with Gasteiger partial charge in [0.15, 0.2) is 23.2 Å². The molecule has 1 aliphatic heterocycles. The summed E-state index contributed by atoms with van der Waals surface area (Å²) in [5.41, 5.74) is 10.6. The number of methoxy groups -OCH3 is 1. The predicted molar refractivity (Wildman–Crippen MR) is 138 cm³/mol. The highest BCUT2D eigenvalue weighted by atomic mass is 16.5. The van der Waals surface area contributed by atoms with Crippen molar-refractivity contribution in [1.82, 2.24) is 24.8 Å². The minimum absolute atomic E-state index is 0.0919. The van der Waals surface area contributed by atoms with E-state index in [2.05, 4.69) is 49.5 Å². The highest BCUT2D eigenvalue weighted by Gasteiger charge is 2.48. The van der Waals surface area contributed by atoms with Gasteiger partial charge >= 0.3 is 0 Å². The van der Waals surface area contributed by atoms with Crippen LogP contribution in [0.25, 0.3) is 21.6 Å². The number of nitrogens with zero attached hydrogens (tertiary/aromatic N) is 7. The summed E-state index contributed by atoms with van der Waals surface area (Å²) in [5.74, 6) is 1.38. The van der Waals surface area contributed by atoms with Crippen LogP contribution in [0.3, 0.4) is 0 Å². The maximum Gasteiger partial charge on any atom is 0.249 e. The zero-order valence-electron chi connectivity index (χ0n) is 21.6. The van der Waals surface area contributed by atoms with E-state index in [0.29, 0.717) is 29.3 Å². The van der Waals surface area contributed by atoms with Crippen LogP contribution in [-0.4, -0.2) is 69.0 Å². The number of azide groups is 1. The summed E-state index contributed by atoms with van der Waals surface area (Å²) in [6.45, 7) is 4.53. The molecule has 1 fully saturated rings. The topological polar surface area (TPSA) is 181 Å². The zero-order chi connectivity index (χ0) is 27.2. The van der Waals surface area contributed by atoms with Crippen LogP contribution in [-0.2, 0) is 16.1 Å². The van der Waals surface area contributed by atoms with Crippen LogP contribution in [0.5, 0.6) is 11.5 Å². The lowest BCUT2D eigenvalue weighted by atomic mass is 10.1. The molecule has 2 aromatic heterocycles. The van der Waals surface area contributed by atoms with Crippen molar-refractivity contribution in [2.24, 2.45) is 5.11 Å². The van der Waals surface area contributed by atoms with E-state index in [9.17, 15) is 9.90 Å². The number of amides is 1. The molecule has 0 aliphatic carbocycles. The number of carbonyl (C=O) groups is 1. The van der Waals surface area contributed by atoms with Gasteiger partial charge in [0, 0.05) is 24.1 Å². The second kappa shape index (κ2) is 11.9. The van der Waals surface area contributed by atoms with Crippen LogP contribution < -0.4 is 20.1 Å². The van der Waals surface area contributed by atoms with Gasteiger partial charge in [0.25, 0.3) is 0 Å². The van der Waals surface area contributed by atoms with Gasteiger partial charge in [-0.15, -0.1) is 0 Å². The monoisotopic (exact) mass is 525 g/mol. The fourth-order valence-electron chi connectivity index (χ4n) is 4.35. The minimum atomic E-state index is -1.31. The van der Waals surface area contributed by atoms with E-state index in [1.165, 1.54) is 24.3 Å². The van der Waals surface area contributed by atoms with Crippen molar-refractivity contribution in [2.75, 3.05) is 19.5 Å². The number of imidazole rings is 1. The Labute approximate surface area is 219 Å². The number of fused-ring (bicyclic) bond motifs is 1. The lowest BCUT2D eigenvalue weighted by molar-refractivity contribution is -0.134. The molecule has 4 atom stereocenters. The molecule has 202 valence electrons. The first-order chi connectivity index (χ1) is 18.4. The molecule has 3 N–H and O–H groups in total. The van der Waals surface area contributed by atoms with E-state index in [-0.39, 0.29) is 6.10 Å². The normalized spacial score (nSPS) is 20.8. The Morgan fingerprint density at radius 1 is 1.32 bits per heavy atom. The highest BCUT2D eigenvalue weighted by Crippen LogP contribution is 2.34. The molecule has 1 saturated heterocycles. The number of aliphatic hydroxyl groups excluding tert-OH is 1. The molecule has 1 aliphatic rings. The van der Waals surface area contributed by atoms with Crippen molar-refractivity contribution >= 4 is 22.9 Å². The number of rotatable bonds is 11. The first kappa shape index (κ1) is 26.9. The predicted octanol–water partition coefficient (Wildman–Crippen LogP) is 2.70. The number of nitrogens with one attached hydrogen (secondary N) is 2. The van der Waals surface area contributed by atoms with Gasteiger partial charge in [-0.3, -0.25) is 9.36 Å². The van der Waals surface area contributed by atoms with Crippen LogP contribution in [0.15, 0.2) is 36.0 Å². The Hall–Kier alpha value is -4.13. The largest absolute Gasteiger partial charge is 0.497 e. The number of carbonyl (C=O) groups excluding carboxylic acids is 1. The smallest absolute Gasteiger partial charge is 0.249 e. The Balaban J connectivity index is 1.61. The molecule has 0 spiro atoms. The Kier molecular flexibility index (Phi) is 8.46. The van der Waals surface area contributed by atoms with E-state index in [1.807, 2.05) is 18.2 Å². The SMILES string of the molecule is CCC(CC)Oc1ccc(OC)cc1CNc1ncnc2c1ncn2C1OC(C(=O)NC)C(N=[N+]=[N-])C1O. The summed E-state index contributed by atoms with van der Waals surface area (Å²) in [5, 5.41) is 20.2. The molecule has 0 bridgehead atoms. The van der Waals surface area contributed by atoms with Crippen molar-refractivity contribution in [3.8, 4) is 11.5 Å². The molecule has 0 saturated carbocycles. The van der Waals surface area contributed by atoms with E-state index in [0.717, 1.165) is 24.2 Å². The lowest BCUT2D eigenvalue weighted by Crippen LogP contribution is -2.40. The standard InChI is InChI=1S/C24H31N9O5/c1-5-14(6-2)37-16-8-7-15(36-4)9-13(16)10-27-21-18-22(29-11-28-21)33(12-30-18)24-19(34)17(31-32-25)20(38-24)23(35)26-3/h7-9,11-12,14,17,19-20,24,34H,5-6,10H2,1-4H3,(H,26,35)(H,27,28,29). The second-order valence-electron chi connectivity index (χ2n) is 8.68. The summed E-state index contributed by atoms with van der Waals surface area (Å²) < 4.78 is 18.9. The molecule has 14 nitrogen and oxygen atoms in total. The maximum absolute atomic E-state index is 12.3. The number of likely N-dealkylation sites (N-methyl/N-ethyl adjacent to an activating group) is 1. The van der Waals surface area contributed by atoms with Crippen LogP contribution in [0, 0.1) is 0 Å². The molecule has 1 amide bonds. The quantitative estimate of drug-likeness (QED) is 0.192. The minimum Gasteiger partial charge on any atom is -0.497 e. The number of aliphatic hydroxyl groups is 1. The van der Waals surface area contributed by atoms with Crippen molar-refractivity contribution in [2.45, 2.75) is 63.8 Å². The van der Waals surface area contributed by atoms with Gasteiger partial charge in [-0.05, 0) is 36.6 Å². The summed E-state index contributed by atoms with van der Waals surface area (Å²) in [7, 11) is 3.04. The second-order valence-corrected chi connectivity index (χ2v) is 8.68. The zero-order valence-corrected chi connectivity index (χ0v) is 21.6. The molecule has 1 aromatic carbocycles. The lowest BCUT2D eigenvalue weighted by Gasteiger charge is -2.19. The Morgan fingerprint density at radius 3 is 2.79 bits per heavy atom. The first-order valence-corrected chi connectivity index (χ1v) is 12.3. The molecule has 4 unspecified atom stereocenters. The molecule has 14 heteroatoms. The van der Waals surface area contributed by atoms with Gasteiger partial charge in [-0.25, -0.2) is 15.0 Å². The van der Waals surface area contributed by atoms with E-state index >= 15 is 0 Å². The summed E-state index contributed by atoms with van der Waals surface area (Å²) in [4.78, 5) is 28.1. The van der Waals surface area contributed by atoms with Crippen LogP contribution in [0.1, 0.15) is 38.5 Å². The van der Waals surface area contributed by atoms with Gasteiger partial charge in [0.05, 0.1) is 19.5 Å². The fourth-order valence-corrected chi connectivity index (χ4v) is 4.35. The van der Waals surface area contributed by atoms with Gasteiger partial charge in [0.1, 0.15) is 36.1 Å². The van der Waals surface area contributed by atoms with Crippen molar-refractivity contribution in [3.05, 3.63) is 46.9 Å². The van der Waals surface area contributed by atoms with Gasteiger partial charge in [0.2, 0.25) is 5.91 Å². The number of anilines is 1. The number of hydrogen-bond acceptors (Lipinski definition) is 10. The summed E-state index contributed by atoms with van der Waals surface area (Å²) in [6, 6.07) is 4.52. The molecule has 3 heterocycles. The van der Waals surface area contributed by atoms with Crippen molar-refractivity contribution in [3.63, 3.8) is 0 Å². The number of aromatic nitrogens is 4. The van der Waals surface area contributed by atoms with E-state index in [1.54, 1.807) is 7.11 Å². The number of benzene rings is 1. The molecular weight excluding hydrogens is 494 g/mol. The Morgan fingerprint density at radius 2 is 2.11 bits per heavy atom. The summed E-state index contributed by atoms with van der Waals surface area (Å²) >= 11 is 0. The van der Waals surface area contributed by atoms with Crippen LogP contribution in [0.4, 0.5) is 5.82 Å². The van der Waals surface area contributed by atoms with Crippen molar-refractivity contribution in [1.29, 1.82) is 0 Å². The average molecular weight is 526 g/mol. The first-order valence-electron chi connectivity index (χ1n) is 12.3. The number of hydrogen-bond donors (Lipinski definition) is 3. The highest BCUT2D eigenvalue weighted by molar-refractivity contribution is 5.83. The molecule has 4 rings (SSSR count). The maximum atomic E-state index is 12.3. The fraction of sp³-hybridized carbons (Fsp3) is 0.500. The molecule has 38 heavy (non-hydrogen) atoms. The Bertz CT molecular complexity index is 1320. The van der Waals surface area contributed by atoms with Crippen LogP contribution >= 0.6 is 0 Å². The third-order valence-corrected chi connectivity index (χ3v) is 6.48. The average Bonchev–Trinajstić information content (AvgIpc) is 3.51. The molecule has 0 radical (unpaired) electrons. The van der Waals surface area contributed by atoms with Crippen LogP contribution in [0.2, 0.25) is 0 Å². The van der Waals surface area contributed by atoms with Crippen molar-refractivity contribution < 1.29 is 24.1 Å². The molecular formula is C24H31N9O5. The number of ether oxygens (including phenoxy) is 3. The third kappa shape index (κ3) is 5.28.